The maximum atomic E-state index is 11.1. The van der Waals surface area contributed by atoms with Gasteiger partial charge in [0.2, 0.25) is 0 Å². The van der Waals surface area contributed by atoms with Crippen LogP contribution in [0, 0.1) is 6.92 Å². The normalized spacial score (nSPS) is 10.0. The monoisotopic (exact) mass is 220 g/mol. The first-order valence-electron chi connectivity index (χ1n) is 3.28. The van der Waals surface area contributed by atoms with E-state index in [1.54, 1.807) is 19.1 Å². The Bertz CT molecular complexity index is 336. The van der Waals surface area contributed by atoms with E-state index < -0.39 is 0 Å². The molecule has 1 aromatic rings. The first-order chi connectivity index (χ1) is 5.54. The van der Waals surface area contributed by atoms with Crippen LogP contribution in [0.4, 0.5) is 0 Å². The van der Waals surface area contributed by atoms with Gasteiger partial charge >= 0.3 is 0 Å². The van der Waals surface area contributed by atoms with Crippen LogP contribution in [-0.4, -0.2) is 5.52 Å². The van der Waals surface area contributed by atoms with Gasteiger partial charge in [-0.2, -0.15) is 0 Å². The summed E-state index contributed by atoms with van der Waals surface area (Å²) < 4.78 is 0. The maximum Gasteiger partial charge on any atom is 0.179 e. The van der Waals surface area contributed by atoms with E-state index in [1.807, 2.05) is 0 Å². The highest BCUT2D eigenvalue weighted by molar-refractivity contribution is 7.41. The first-order valence-corrected chi connectivity index (χ1v) is 4.61. The van der Waals surface area contributed by atoms with Gasteiger partial charge in [-0.15, -0.1) is 0 Å². The van der Waals surface area contributed by atoms with Gasteiger partial charge < -0.3 is 0 Å². The van der Waals surface area contributed by atoms with E-state index in [9.17, 15) is 4.79 Å². The smallest absolute Gasteiger partial charge is 0.179 e. The zero-order valence-electron chi connectivity index (χ0n) is 6.40. The topological polar surface area (TPSA) is 17.1 Å². The quantitative estimate of drug-likeness (QED) is 0.664. The summed E-state index contributed by atoms with van der Waals surface area (Å²) in [6.07, 6.45) is 0. The van der Waals surface area contributed by atoms with Crippen LogP contribution >= 0.6 is 32.4 Å². The van der Waals surface area contributed by atoms with Crippen molar-refractivity contribution in [2.75, 3.05) is 0 Å². The van der Waals surface area contributed by atoms with Crippen molar-refractivity contribution >= 4 is 38.0 Å². The maximum absolute atomic E-state index is 11.1. The van der Waals surface area contributed by atoms with Gasteiger partial charge in [0.15, 0.2) is 5.52 Å². The van der Waals surface area contributed by atoms with Crippen LogP contribution < -0.4 is 0 Å². The predicted octanol–water partition coefficient (Wildman–Crippen LogP) is 3.32. The van der Waals surface area contributed by atoms with Crippen LogP contribution in [0.5, 0.6) is 0 Å². The third-order valence-corrected chi connectivity index (χ3v) is 2.61. The highest BCUT2D eigenvalue weighted by Crippen LogP contribution is 2.27. The fraction of sp³-hybridized carbons (Fsp3) is 0.125. The molecule has 12 heavy (non-hydrogen) atoms. The zero-order valence-corrected chi connectivity index (χ0v) is 9.06. The number of hydrogen-bond acceptors (Lipinski definition) is 1. The number of halogens is 2. The number of benzene rings is 1. The Morgan fingerprint density at radius 2 is 1.83 bits per heavy atom. The molecule has 0 aliphatic rings. The van der Waals surface area contributed by atoms with Crippen LogP contribution in [0.1, 0.15) is 15.9 Å². The first kappa shape index (κ1) is 9.98. The summed E-state index contributed by atoms with van der Waals surface area (Å²) >= 11 is 11.6. The minimum absolute atomic E-state index is 0.139. The summed E-state index contributed by atoms with van der Waals surface area (Å²) in [6, 6.07) is 3.30. The van der Waals surface area contributed by atoms with Gasteiger partial charge in [0.1, 0.15) is 0 Å². The summed E-state index contributed by atoms with van der Waals surface area (Å²) in [5, 5.41) is 1.00. The van der Waals surface area contributed by atoms with Gasteiger partial charge in [-0.1, -0.05) is 32.4 Å². The molecule has 0 N–H and O–H groups in total. The lowest BCUT2D eigenvalue weighted by Crippen LogP contribution is -1.94. The fourth-order valence-corrected chi connectivity index (χ4v) is 1.87. The predicted molar refractivity (Wildman–Crippen MR) is 55.2 cm³/mol. The second-order valence-corrected chi connectivity index (χ2v) is 3.73. The molecule has 1 unspecified atom stereocenters. The van der Waals surface area contributed by atoms with Crippen molar-refractivity contribution < 1.29 is 4.79 Å². The van der Waals surface area contributed by atoms with Crippen LogP contribution in [0.25, 0.3) is 0 Å². The molecule has 0 spiro atoms. The number of carbonyl (C=O) groups excluding carboxylic acids is 1. The van der Waals surface area contributed by atoms with Crippen LogP contribution in [0.3, 0.4) is 0 Å². The van der Waals surface area contributed by atoms with E-state index in [0.29, 0.717) is 15.6 Å². The number of rotatable bonds is 1. The molecular weight excluding hydrogens is 214 g/mol. The van der Waals surface area contributed by atoms with E-state index in [-0.39, 0.29) is 5.52 Å². The molecule has 0 radical (unpaired) electrons. The standard InChI is InChI=1S/C8H7Cl2OP/c1-4-5(9)2-3-6(10)7(4)8(11)12/h2-3H,12H2,1H3. The van der Waals surface area contributed by atoms with E-state index >= 15 is 0 Å². The van der Waals surface area contributed by atoms with Crippen molar-refractivity contribution in [3.8, 4) is 0 Å². The number of hydrogen-bond donors (Lipinski definition) is 0. The Balaban J connectivity index is 3.43. The lowest BCUT2D eigenvalue weighted by Gasteiger charge is -2.05. The largest absolute Gasteiger partial charge is 0.290 e. The van der Waals surface area contributed by atoms with Crippen molar-refractivity contribution in [1.29, 1.82) is 0 Å². The second kappa shape index (κ2) is 3.74. The molecule has 4 heteroatoms. The van der Waals surface area contributed by atoms with Gasteiger partial charge in [-0.25, -0.2) is 0 Å². The Labute approximate surface area is 83.3 Å². The SMILES string of the molecule is Cc1c(Cl)ccc(Cl)c1C(=O)P. The average Bonchev–Trinajstić information content (AvgIpc) is 1.97. The molecule has 1 atom stereocenters. The van der Waals surface area contributed by atoms with E-state index in [4.69, 9.17) is 23.2 Å². The summed E-state index contributed by atoms with van der Waals surface area (Å²) in [5.74, 6) is 0. The van der Waals surface area contributed by atoms with Gasteiger partial charge in [0.25, 0.3) is 0 Å². The Morgan fingerprint density at radius 1 is 1.33 bits per heavy atom. The van der Waals surface area contributed by atoms with Crippen molar-refractivity contribution in [1.82, 2.24) is 0 Å². The molecular formula is C8H7Cl2OP. The van der Waals surface area contributed by atoms with Crippen LogP contribution in [0.15, 0.2) is 12.1 Å². The van der Waals surface area contributed by atoms with E-state index in [1.165, 1.54) is 0 Å². The lowest BCUT2D eigenvalue weighted by atomic mass is 10.1. The molecule has 0 saturated carbocycles. The molecule has 0 bridgehead atoms. The molecule has 0 aliphatic carbocycles. The summed E-state index contributed by atoms with van der Waals surface area (Å²) in [6.45, 7) is 1.77. The second-order valence-electron chi connectivity index (χ2n) is 2.39. The summed E-state index contributed by atoms with van der Waals surface area (Å²) in [4.78, 5) is 11.1. The highest BCUT2D eigenvalue weighted by atomic mass is 35.5. The minimum atomic E-state index is -0.139. The Morgan fingerprint density at radius 3 is 2.25 bits per heavy atom. The molecule has 64 valence electrons. The minimum Gasteiger partial charge on any atom is -0.290 e. The number of carbonyl (C=O) groups is 1. The summed E-state index contributed by atoms with van der Waals surface area (Å²) in [5.41, 5.74) is 1.07. The average molecular weight is 221 g/mol. The molecule has 0 fully saturated rings. The molecule has 1 aromatic carbocycles. The lowest BCUT2D eigenvalue weighted by molar-refractivity contribution is 0.108. The van der Waals surface area contributed by atoms with Gasteiger partial charge in [0.05, 0.1) is 5.02 Å². The zero-order chi connectivity index (χ0) is 9.30. The van der Waals surface area contributed by atoms with Crippen LogP contribution in [0.2, 0.25) is 10.0 Å². The van der Waals surface area contributed by atoms with Crippen molar-refractivity contribution in [2.24, 2.45) is 0 Å². The third-order valence-electron chi connectivity index (χ3n) is 1.59. The molecule has 0 aliphatic heterocycles. The van der Waals surface area contributed by atoms with Crippen molar-refractivity contribution in [3.63, 3.8) is 0 Å². The van der Waals surface area contributed by atoms with Crippen LogP contribution in [-0.2, 0) is 0 Å². The molecule has 1 nitrogen and oxygen atoms in total. The van der Waals surface area contributed by atoms with Gasteiger partial charge in [-0.3, -0.25) is 4.79 Å². The highest BCUT2D eigenvalue weighted by Gasteiger charge is 2.11. The third kappa shape index (κ3) is 1.80. The van der Waals surface area contributed by atoms with E-state index in [2.05, 4.69) is 9.24 Å². The van der Waals surface area contributed by atoms with Crippen molar-refractivity contribution in [2.45, 2.75) is 6.92 Å². The van der Waals surface area contributed by atoms with Crippen molar-refractivity contribution in [3.05, 3.63) is 33.3 Å². The summed E-state index contributed by atoms with van der Waals surface area (Å²) in [7, 11) is 2.08. The molecule has 1 rings (SSSR count). The molecule has 0 saturated heterocycles. The molecule has 0 heterocycles. The Kier molecular flexibility index (Phi) is 3.11. The molecule has 0 amide bonds. The van der Waals surface area contributed by atoms with Gasteiger partial charge in [-0.05, 0) is 24.6 Å². The van der Waals surface area contributed by atoms with E-state index in [0.717, 1.165) is 5.56 Å². The molecule has 0 aromatic heterocycles. The Hall–Kier alpha value is -0.100. The van der Waals surface area contributed by atoms with Gasteiger partial charge in [0, 0.05) is 10.6 Å². The fourth-order valence-electron chi connectivity index (χ4n) is 0.956.